The molecule has 1 aromatic rings. The maximum atomic E-state index is 10.00. The molecule has 0 aliphatic rings. The minimum Gasteiger partial charge on any atom is -0.497 e. The Hall–Kier alpha value is -0.540. The monoisotopic (exact) mass is 314 g/mol. The quantitative estimate of drug-likeness (QED) is 0.883. The number of ether oxygens (including phenoxy) is 1. The first kappa shape index (κ1) is 15.5. The van der Waals surface area contributed by atoms with Crippen molar-refractivity contribution in [3.63, 3.8) is 0 Å². The lowest BCUT2D eigenvalue weighted by Gasteiger charge is -2.25. The molecule has 1 rings (SSSR count). The molecule has 18 heavy (non-hydrogen) atoms. The number of methoxy groups -OCH3 is 1. The summed E-state index contributed by atoms with van der Waals surface area (Å²) in [6.45, 7) is 6.21. The zero-order chi connectivity index (χ0) is 13.8. The highest BCUT2D eigenvalue weighted by molar-refractivity contribution is 9.10. The topological polar surface area (TPSA) is 29.5 Å². The summed E-state index contributed by atoms with van der Waals surface area (Å²) in [6, 6.07) is 6.00. The van der Waals surface area contributed by atoms with Crippen molar-refractivity contribution in [1.29, 1.82) is 0 Å². The molecule has 1 unspecified atom stereocenters. The Balaban J connectivity index is 2.53. The highest BCUT2D eigenvalue weighted by atomic mass is 79.9. The van der Waals surface area contributed by atoms with E-state index in [0.717, 1.165) is 29.5 Å². The first-order valence-corrected chi connectivity index (χ1v) is 7.14. The fraction of sp³-hybridized carbons (Fsp3) is 0.600. The Bertz CT molecular complexity index is 383. The fourth-order valence-corrected chi connectivity index (χ4v) is 2.23. The van der Waals surface area contributed by atoms with Crippen molar-refractivity contribution in [3.8, 4) is 5.75 Å². The summed E-state index contributed by atoms with van der Waals surface area (Å²) in [5.41, 5.74) is 1.20. The van der Waals surface area contributed by atoms with Crippen LogP contribution in [0.15, 0.2) is 22.7 Å². The molecule has 3 heteroatoms. The molecule has 0 bridgehead atoms. The lowest BCUT2D eigenvalue weighted by molar-refractivity contribution is 0.0540. The molecule has 0 fully saturated rings. The fourth-order valence-electron chi connectivity index (χ4n) is 1.79. The number of aliphatic hydroxyl groups is 1. The first-order chi connectivity index (χ1) is 8.34. The van der Waals surface area contributed by atoms with Crippen LogP contribution in [0.3, 0.4) is 0 Å². The van der Waals surface area contributed by atoms with Crippen molar-refractivity contribution in [2.24, 2.45) is 5.41 Å². The van der Waals surface area contributed by atoms with Crippen LogP contribution in [0.5, 0.6) is 5.75 Å². The standard InChI is InChI=1S/C15H23BrO2/c1-15(2,3)14(17)7-5-6-11-10-12(18-4)8-9-13(11)16/h8-10,14,17H,5-7H2,1-4H3. The number of benzene rings is 1. The third-order valence-corrected chi connectivity index (χ3v) is 3.95. The Morgan fingerprint density at radius 3 is 2.56 bits per heavy atom. The second-order valence-corrected chi connectivity index (χ2v) is 6.59. The van der Waals surface area contributed by atoms with E-state index in [1.165, 1.54) is 5.56 Å². The third kappa shape index (κ3) is 4.62. The van der Waals surface area contributed by atoms with Crippen LogP contribution in [0, 0.1) is 5.41 Å². The van der Waals surface area contributed by atoms with E-state index in [2.05, 4.69) is 36.7 Å². The molecule has 1 aromatic carbocycles. The number of aryl methyl sites for hydroxylation is 1. The predicted octanol–water partition coefficient (Wildman–Crippen LogP) is 4.19. The van der Waals surface area contributed by atoms with Gasteiger partial charge in [-0.2, -0.15) is 0 Å². The van der Waals surface area contributed by atoms with Gasteiger partial charge in [0.25, 0.3) is 0 Å². The van der Waals surface area contributed by atoms with E-state index in [1.54, 1.807) is 7.11 Å². The Morgan fingerprint density at radius 2 is 2.00 bits per heavy atom. The first-order valence-electron chi connectivity index (χ1n) is 6.35. The van der Waals surface area contributed by atoms with Crippen molar-refractivity contribution in [3.05, 3.63) is 28.2 Å². The molecule has 1 N–H and O–H groups in total. The lowest BCUT2D eigenvalue weighted by Crippen LogP contribution is -2.25. The van der Waals surface area contributed by atoms with Gasteiger partial charge in [0.15, 0.2) is 0 Å². The van der Waals surface area contributed by atoms with Crippen LogP contribution < -0.4 is 4.74 Å². The van der Waals surface area contributed by atoms with E-state index in [9.17, 15) is 5.11 Å². The van der Waals surface area contributed by atoms with Crippen LogP contribution in [-0.4, -0.2) is 18.3 Å². The minimum atomic E-state index is -0.248. The summed E-state index contributed by atoms with van der Waals surface area (Å²) in [4.78, 5) is 0. The van der Waals surface area contributed by atoms with Gasteiger partial charge < -0.3 is 9.84 Å². The largest absolute Gasteiger partial charge is 0.497 e. The summed E-state index contributed by atoms with van der Waals surface area (Å²) in [5.74, 6) is 0.879. The van der Waals surface area contributed by atoms with Crippen molar-refractivity contribution in [1.82, 2.24) is 0 Å². The van der Waals surface area contributed by atoms with Gasteiger partial charge in [0.2, 0.25) is 0 Å². The van der Waals surface area contributed by atoms with E-state index in [0.29, 0.717) is 0 Å². The summed E-state index contributed by atoms with van der Waals surface area (Å²) >= 11 is 3.55. The van der Waals surface area contributed by atoms with Crippen LogP contribution in [0.1, 0.15) is 39.2 Å². The molecule has 0 radical (unpaired) electrons. The molecule has 0 saturated heterocycles. The number of hydrogen-bond acceptors (Lipinski definition) is 2. The normalized spacial score (nSPS) is 13.4. The average molecular weight is 315 g/mol. The molecule has 0 aliphatic carbocycles. The van der Waals surface area contributed by atoms with Gasteiger partial charge >= 0.3 is 0 Å². The maximum Gasteiger partial charge on any atom is 0.119 e. The number of hydrogen-bond donors (Lipinski definition) is 1. The summed E-state index contributed by atoms with van der Waals surface area (Å²) in [5, 5.41) is 10.00. The van der Waals surface area contributed by atoms with Gasteiger partial charge in [-0.25, -0.2) is 0 Å². The highest BCUT2D eigenvalue weighted by Crippen LogP contribution is 2.26. The molecular weight excluding hydrogens is 292 g/mol. The maximum absolute atomic E-state index is 10.00. The third-order valence-electron chi connectivity index (χ3n) is 3.18. The van der Waals surface area contributed by atoms with Gasteiger partial charge in [0.1, 0.15) is 5.75 Å². The molecule has 0 heterocycles. The zero-order valence-electron chi connectivity index (χ0n) is 11.7. The van der Waals surface area contributed by atoms with Crippen LogP contribution in [-0.2, 0) is 6.42 Å². The van der Waals surface area contributed by atoms with E-state index < -0.39 is 0 Å². The van der Waals surface area contributed by atoms with Crippen LogP contribution >= 0.6 is 15.9 Å². The van der Waals surface area contributed by atoms with Crippen molar-refractivity contribution in [2.75, 3.05) is 7.11 Å². The second-order valence-electron chi connectivity index (χ2n) is 5.73. The summed E-state index contributed by atoms with van der Waals surface area (Å²) in [7, 11) is 1.68. The van der Waals surface area contributed by atoms with Gasteiger partial charge in [-0.15, -0.1) is 0 Å². The molecule has 0 amide bonds. The van der Waals surface area contributed by atoms with Crippen molar-refractivity contribution >= 4 is 15.9 Å². The van der Waals surface area contributed by atoms with E-state index in [1.807, 2.05) is 18.2 Å². The van der Waals surface area contributed by atoms with Gasteiger partial charge in [0, 0.05) is 4.47 Å². The highest BCUT2D eigenvalue weighted by Gasteiger charge is 2.21. The van der Waals surface area contributed by atoms with E-state index in [4.69, 9.17) is 4.74 Å². The Morgan fingerprint density at radius 1 is 1.33 bits per heavy atom. The molecule has 0 spiro atoms. The van der Waals surface area contributed by atoms with Crippen molar-refractivity contribution in [2.45, 2.75) is 46.1 Å². The van der Waals surface area contributed by atoms with Gasteiger partial charge in [-0.3, -0.25) is 0 Å². The van der Waals surface area contributed by atoms with E-state index in [-0.39, 0.29) is 11.5 Å². The second kappa shape index (κ2) is 6.58. The Labute approximate surface area is 118 Å². The molecule has 2 nitrogen and oxygen atoms in total. The molecule has 0 saturated carbocycles. The van der Waals surface area contributed by atoms with Crippen molar-refractivity contribution < 1.29 is 9.84 Å². The summed E-state index contributed by atoms with van der Waals surface area (Å²) < 4.78 is 6.33. The molecule has 102 valence electrons. The Kier molecular flexibility index (Phi) is 5.67. The van der Waals surface area contributed by atoms with Gasteiger partial charge in [0.05, 0.1) is 13.2 Å². The number of rotatable bonds is 5. The molecule has 0 aromatic heterocycles. The van der Waals surface area contributed by atoms with Crippen LogP contribution in [0.2, 0.25) is 0 Å². The zero-order valence-corrected chi connectivity index (χ0v) is 13.3. The predicted molar refractivity (Wildman–Crippen MR) is 79.1 cm³/mol. The van der Waals surface area contributed by atoms with Crippen LogP contribution in [0.25, 0.3) is 0 Å². The van der Waals surface area contributed by atoms with Crippen LogP contribution in [0.4, 0.5) is 0 Å². The molecule has 1 atom stereocenters. The van der Waals surface area contributed by atoms with E-state index >= 15 is 0 Å². The minimum absolute atomic E-state index is 0.0361. The average Bonchev–Trinajstić information content (AvgIpc) is 2.30. The number of aliphatic hydroxyl groups excluding tert-OH is 1. The van der Waals surface area contributed by atoms with Gasteiger partial charge in [-0.05, 0) is 48.4 Å². The van der Waals surface area contributed by atoms with Gasteiger partial charge in [-0.1, -0.05) is 36.7 Å². The number of halogens is 1. The summed E-state index contributed by atoms with van der Waals surface area (Å²) in [6.07, 6.45) is 2.50. The SMILES string of the molecule is COc1ccc(Br)c(CCCC(O)C(C)(C)C)c1. The smallest absolute Gasteiger partial charge is 0.119 e. The molecular formula is C15H23BrO2. The molecule has 0 aliphatic heterocycles. The lowest BCUT2D eigenvalue weighted by atomic mass is 9.86.